The number of ether oxygens (including phenoxy) is 1. The van der Waals surface area contributed by atoms with E-state index < -0.39 is 0 Å². The minimum Gasteiger partial charge on any atom is -0.495 e. The fourth-order valence-electron chi connectivity index (χ4n) is 1.57. The number of anilines is 2. The van der Waals surface area contributed by atoms with E-state index in [2.05, 4.69) is 12.2 Å². The van der Waals surface area contributed by atoms with Crippen molar-refractivity contribution in [1.82, 2.24) is 0 Å². The summed E-state index contributed by atoms with van der Waals surface area (Å²) in [5.74, 6) is 1.50. The molecule has 3 nitrogen and oxygen atoms in total. The molecule has 0 aliphatic heterocycles. The second-order valence-corrected chi connectivity index (χ2v) is 3.89. The van der Waals surface area contributed by atoms with Crippen molar-refractivity contribution in [3.8, 4) is 5.75 Å². The zero-order chi connectivity index (χ0) is 10.1. The molecule has 1 aromatic carbocycles. The number of nitrogens with two attached hydrogens (primary N) is 1. The summed E-state index contributed by atoms with van der Waals surface area (Å²) in [7, 11) is 1.63. The van der Waals surface area contributed by atoms with Gasteiger partial charge in [-0.15, -0.1) is 0 Å². The van der Waals surface area contributed by atoms with E-state index in [1.165, 1.54) is 6.42 Å². The Labute approximate surface area is 84.3 Å². The van der Waals surface area contributed by atoms with E-state index in [0.717, 1.165) is 17.4 Å². The first-order valence-electron chi connectivity index (χ1n) is 4.91. The maximum Gasteiger partial charge on any atom is 0.143 e. The summed E-state index contributed by atoms with van der Waals surface area (Å²) in [4.78, 5) is 0. The molecule has 1 fully saturated rings. The summed E-state index contributed by atoms with van der Waals surface area (Å²) in [6.45, 7) is 2.23. The molecule has 1 aliphatic carbocycles. The maximum atomic E-state index is 5.93. The monoisotopic (exact) mass is 192 g/mol. The van der Waals surface area contributed by atoms with Crippen LogP contribution in [-0.2, 0) is 0 Å². The summed E-state index contributed by atoms with van der Waals surface area (Å²) >= 11 is 0. The number of hydrogen-bond acceptors (Lipinski definition) is 3. The predicted octanol–water partition coefficient (Wildman–Crippen LogP) is 2.10. The molecule has 1 aromatic rings. The molecule has 3 N–H and O–H groups in total. The molecule has 76 valence electrons. The third kappa shape index (κ3) is 1.62. The largest absolute Gasteiger partial charge is 0.495 e. The highest BCUT2D eigenvalue weighted by Crippen LogP contribution is 2.36. The normalized spacial score (nSPS) is 24.4. The fraction of sp³-hybridized carbons (Fsp3) is 0.455. The molecule has 0 saturated heterocycles. The van der Waals surface area contributed by atoms with Crippen LogP contribution >= 0.6 is 0 Å². The van der Waals surface area contributed by atoms with Crippen molar-refractivity contribution in [2.45, 2.75) is 19.4 Å². The number of rotatable bonds is 3. The van der Waals surface area contributed by atoms with Crippen molar-refractivity contribution in [3.05, 3.63) is 18.2 Å². The Bertz CT molecular complexity index is 338. The summed E-state index contributed by atoms with van der Waals surface area (Å²) in [5, 5.41) is 3.40. The quantitative estimate of drug-likeness (QED) is 0.721. The Hall–Kier alpha value is -1.38. The first kappa shape index (κ1) is 9.19. The Balaban J connectivity index is 2.16. The number of methoxy groups -OCH3 is 1. The van der Waals surface area contributed by atoms with Gasteiger partial charge in [-0.3, -0.25) is 0 Å². The zero-order valence-electron chi connectivity index (χ0n) is 8.58. The van der Waals surface area contributed by atoms with Gasteiger partial charge in [-0.25, -0.2) is 0 Å². The number of hydrogen-bond donors (Lipinski definition) is 2. The molecule has 3 heteroatoms. The highest BCUT2D eigenvalue weighted by Gasteiger charge is 2.32. The van der Waals surface area contributed by atoms with Crippen LogP contribution in [0.25, 0.3) is 0 Å². The first-order valence-corrected chi connectivity index (χ1v) is 4.91. The molecule has 0 radical (unpaired) electrons. The third-order valence-corrected chi connectivity index (χ3v) is 2.74. The lowest BCUT2D eigenvalue weighted by Crippen LogP contribution is -2.06. The van der Waals surface area contributed by atoms with E-state index in [0.29, 0.717) is 11.7 Å². The van der Waals surface area contributed by atoms with Gasteiger partial charge in [0, 0.05) is 6.04 Å². The minimum atomic E-state index is 0.587. The van der Waals surface area contributed by atoms with Crippen LogP contribution in [0.2, 0.25) is 0 Å². The van der Waals surface area contributed by atoms with Gasteiger partial charge in [0.1, 0.15) is 5.75 Å². The van der Waals surface area contributed by atoms with Crippen LogP contribution in [0, 0.1) is 5.92 Å². The SMILES string of the molecule is COc1cccc(NC2CC2C)c1N. The van der Waals surface area contributed by atoms with E-state index >= 15 is 0 Å². The van der Waals surface area contributed by atoms with E-state index in [1.807, 2.05) is 18.2 Å². The highest BCUT2D eigenvalue weighted by molar-refractivity contribution is 5.73. The molecule has 0 spiro atoms. The van der Waals surface area contributed by atoms with Crippen LogP contribution in [0.15, 0.2) is 18.2 Å². The first-order chi connectivity index (χ1) is 6.72. The zero-order valence-corrected chi connectivity index (χ0v) is 8.58. The molecular weight excluding hydrogens is 176 g/mol. The van der Waals surface area contributed by atoms with Gasteiger partial charge in [0.2, 0.25) is 0 Å². The minimum absolute atomic E-state index is 0.587. The highest BCUT2D eigenvalue weighted by atomic mass is 16.5. The third-order valence-electron chi connectivity index (χ3n) is 2.74. The smallest absolute Gasteiger partial charge is 0.143 e. The lowest BCUT2D eigenvalue weighted by atomic mass is 10.2. The summed E-state index contributed by atoms with van der Waals surface area (Å²) in [5.41, 5.74) is 7.62. The maximum absolute atomic E-state index is 5.93. The van der Waals surface area contributed by atoms with Crippen molar-refractivity contribution >= 4 is 11.4 Å². The van der Waals surface area contributed by atoms with Crippen molar-refractivity contribution in [3.63, 3.8) is 0 Å². The molecule has 0 amide bonds. The molecule has 0 bridgehead atoms. The van der Waals surface area contributed by atoms with Gasteiger partial charge in [0.25, 0.3) is 0 Å². The van der Waals surface area contributed by atoms with Crippen LogP contribution in [-0.4, -0.2) is 13.2 Å². The summed E-state index contributed by atoms with van der Waals surface area (Å²) in [6, 6.07) is 6.40. The van der Waals surface area contributed by atoms with Crippen LogP contribution < -0.4 is 15.8 Å². The topological polar surface area (TPSA) is 47.3 Å². The van der Waals surface area contributed by atoms with E-state index in [4.69, 9.17) is 10.5 Å². The molecule has 0 heterocycles. The van der Waals surface area contributed by atoms with Crippen molar-refractivity contribution < 1.29 is 4.74 Å². The van der Waals surface area contributed by atoms with Gasteiger partial charge >= 0.3 is 0 Å². The molecular formula is C11H16N2O. The van der Waals surface area contributed by atoms with Crippen LogP contribution in [0.3, 0.4) is 0 Å². The van der Waals surface area contributed by atoms with Crippen LogP contribution in [0.5, 0.6) is 5.75 Å². The molecule has 0 aromatic heterocycles. The lowest BCUT2D eigenvalue weighted by molar-refractivity contribution is 0.417. The molecule has 1 saturated carbocycles. The molecule has 14 heavy (non-hydrogen) atoms. The van der Waals surface area contributed by atoms with Gasteiger partial charge in [0.15, 0.2) is 0 Å². The molecule has 2 unspecified atom stereocenters. The van der Waals surface area contributed by atoms with Crippen LogP contribution in [0.4, 0.5) is 11.4 Å². The molecule has 1 aliphatic rings. The molecule has 2 rings (SSSR count). The van der Waals surface area contributed by atoms with Gasteiger partial charge in [-0.2, -0.15) is 0 Å². The Kier molecular flexibility index (Phi) is 2.23. The standard InChI is InChI=1S/C11H16N2O/c1-7-6-9(7)13-8-4-3-5-10(14-2)11(8)12/h3-5,7,9,13H,6,12H2,1-2H3. The summed E-state index contributed by atoms with van der Waals surface area (Å²) in [6.07, 6.45) is 1.23. The Morgan fingerprint density at radius 2 is 2.21 bits per heavy atom. The second kappa shape index (κ2) is 3.40. The average Bonchev–Trinajstić information content (AvgIpc) is 2.86. The van der Waals surface area contributed by atoms with Gasteiger partial charge < -0.3 is 15.8 Å². The number of nitrogens with one attached hydrogen (secondary N) is 1. The van der Waals surface area contributed by atoms with E-state index in [9.17, 15) is 0 Å². The van der Waals surface area contributed by atoms with E-state index in [1.54, 1.807) is 7.11 Å². The fourth-order valence-corrected chi connectivity index (χ4v) is 1.57. The predicted molar refractivity (Wildman–Crippen MR) is 58.6 cm³/mol. The number of nitrogen functional groups attached to an aromatic ring is 1. The second-order valence-electron chi connectivity index (χ2n) is 3.89. The van der Waals surface area contributed by atoms with E-state index in [-0.39, 0.29) is 0 Å². The Morgan fingerprint density at radius 3 is 2.79 bits per heavy atom. The lowest BCUT2D eigenvalue weighted by Gasteiger charge is -2.11. The van der Waals surface area contributed by atoms with Crippen molar-refractivity contribution in [2.24, 2.45) is 5.92 Å². The number of benzene rings is 1. The van der Waals surface area contributed by atoms with Gasteiger partial charge in [-0.05, 0) is 24.5 Å². The average molecular weight is 192 g/mol. The van der Waals surface area contributed by atoms with Crippen LogP contribution in [0.1, 0.15) is 13.3 Å². The summed E-state index contributed by atoms with van der Waals surface area (Å²) < 4.78 is 5.15. The Morgan fingerprint density at radius 1 is 1.50 bits per heavy atom. The molecule has 2 atom stereocenters. The van der Waals surface area contributed by atoms with Gasteiger partial charge in [-0.1, -0.05) is 13.0 Å². The van der Waals surface area contributed by atoms with Gasteiger partial charge in [0.05, 0.1) is 18.5 Å². The van der Waals surface area contributed by atoms with Crippen molar-refractivity contribution in [2.75, 3.05) is 18.2 Å². The van der Waals surface area contributed by atoms with Crippen molar-refractivity contribution in [1.29, 1.82) is 0 Å². The number of para-hydroxylation sites is 1.